The molecule has 0 aromatic heterocycles. The van der Waals surface area contributed by atoms with Gasteiger partial charge in [0.2, 0.25) is 0 Å². The lowest BCUT2D eigenvalue weighted by atomic mass is 10.7. The Labute approximate surface area is 40.6 Å². The average Bonchev–Trinajstić information content (AvgIpc) is 1.72. The van der Waals surface area contributed by atoms with Crippen LogP contribution in [-0.4, -0.2) is 6.61 Å². The van der Waals surface area contributed by atoms with Crippen molar-refractivity contribution >= 4 is 11.9 Å². The van der Waals surface area contributed by atoms with Crippen molar-refractivity contribution in [3.63, 3.8) is 0 Å². The summed E-state index contributed by atoms with van der Waals surface area (Å²) in [5, 5.41) is 1.95. The Balaban J connectivity index is 2.26. The van der Waals surface area contributed by atoms with Crippen molar-refractivity contribution in [3.8, 4) is 0 Å². The second kappa shape index (κ2) is 2.23. The molecule has 0 amide bonds. The van der Waals surface area contributed by atoms with Crippen molar-refractivity contribution in [1.29, 1.82) is 0 Å². The molecule has 0 saturated carbocycles. The minimum Gasteiger partial charge on any atom is -0.287 e. The third-order valence-corrected chi connectivity index (χ3v) is 0.993. The van der Waals surface area contributed by atoms with Gasteiger partial charge in [0.05, 0.1) is 6.61 Å². The topological polar surface area (TPSA) is 21.3 Å². The number of hydrogen-bond acceptors (Lipinski definition) is 3. The average molecular weight is 103 g/mol. The fraction of sp³-hybridized carbons (Fsp3) is 0.333. The van der Waals surface area contributed by atoms with Gasteiger partial charge in [0, 0.05) is 0 Å². The van der Waals surface area contributed by atoms with Crippen molar-refractivity contribution in [2.45, 2.75) is 0 Å². The summed E-state index contributed by atoms with van der Waals surface area (Å²) in [5.41, 5.74) is 0. The van der Waals surface area contributed by atoms with Gasteiger partial charge in [-0.3, -0.25) is 4.84 Å². The van der Waals surface area contributed by atoms with E-state index in [1.165, 1.54) is 11.9 Å². The highest BCUT2D eigenvalue weighted by Gasteiger charge is 1.84. The first-order valence-electron chi connectivity index (χ1n) is 1.67. The molecule has 1 aliphatic heterocycles. The van der Waals surface area contributed by atoms with E-state index >= 15 is 0 Å². The normalized spacial score (nSPS) is 21.3. The zero-order chi connectivity index (χ0) is 4.24. The molecule has 0 aromatic carbocycles. The van der Waals surface area contributed by atoms with Gasteiger partial charge >= 0.3 is 0 Å². The molecule has 2 nitrogen and oxygen atoms in total. The lowest BCUT2D eigenvalue weighted by Crippen LogP contribution is -2.06. The molecular weight excluding hydrogens is 98.1 g/mol. The molecule has 34 valence electrons. The van der Waals surface area contributed by atoms with Crippen molar-refractivity contribution in [2.75, 3.05) is 6.61 Å². The van der Waals surface area contributed by atoms with Crippen LogP contribution >= 0.6 is 11.9 Å². The van der Waals surface area contributed by atoms with Gasteiger partial charge in [0.15, 0.2) is 0 Å². The monoisotopic (exact) mass is 103 g/mol. The zero-order valence-corrected chi connectivity index (χ0v) is 3.99. The van der Waals surface area contributed by atoms with Gasteiger partial charge in [0.25, 0.3) is 0 Å². The molecule has 0 bridgehead atoms. The molecule has 0 radical (unpaired) electrons. The van der Waals surface area contributed by atoms with Gasteiger partial charge in [-0.1, -0.05) is 0 Å². The quantitative estimate of drug-likeness (QED) is 0.455. The fourth-order valence-corrected chi connectivity index (χ4v) is 0.598. The van der Waals surface area contributed by atoms with Gasteiger partial charge in [-0.25, -0.2) is 0 Å². The van der Waals surface area contributed by atoms with E-state index in [-0.39, 0.29) is 0 Å². The van der Waals surface area contributed by atoms with Crippen molar-refractivity contribution in [3.05, 3.63) is 11.5 Å². The predicted molar refractivity (Wildman–Crippen MR) is 25.8 cm³/mol. The Morgan fingerprint density at radius 2 is 2.83 bits per heavy atom. The highest BCUT2D eigenvalue weighted by Crippen LogP contribution is 1.98. The second-order valence-corrected chi connectivity index (χ2v) is 1.56. The molecule has 1 N–H and O–H groups in total. The van der Waals surface area contributed by atoms with Crippen molar-refractivity contribution in [1.82, 2.24) is 4.89 Å². The number of rotatable bonds is 0. The van der Waals surface area contributed by atoms with Crippen LogP contribution in [0.5, 0.6) is 0 Å². The molecule has 0 saturated heterocycles. The summed E-state index contributed by atoms with van der Waals surface area (Å²) in [6, 6.07) is 0. The van der Waals surface area contributed by atoms with Crippen LogP contribution in [0.1, 0.15) is 0 Å². The first-order valence-corrected chi connectivity index (χ1v) is 2.55. The van der Waals surface area contributed by atoms with Gasteiger partial charge in [-0.15, -0.1) is 4.89 Å². The van der Waals surface area contributed by atoms with Crippen LogP contribution in [0.25, 0.3) is 0 Å². The molecular formula is C3H5NOS. The third kappa shape index (κ3) is 1.01. The summed E-state index contributed by atoms with van der Waals surface area (Å²) >= 11 is 1.44. The molecule has 0 unspecified atom stereocenters. The van der Waals surface area contributed by atoms with Crippen LogP contribution in [0.2, 0.25) is 0 Å². The van der Waals surface area contributed by atoms with Gasteiger partial charge in [-0.2, -0.15) is 0 Å². The summed E-state index contributed by atoms with van der Waals surface area (Å²) in [6.07, 6.45) is 1.95. The van der Waals surface area contributed by atoms with E-state index < -0.39 is 0 Å². The molecule has 0 fully saturated rings. The van der Waals surface area contributed by atoms with E-state index in [4.69, 9.17) is 4.84 Å². The van der Waals surface area contributed by atoms with Crippen LogP contribution in [0, 0.1) is 0 Å². The first-order chi connectivity index (χ1) is 3.00. The maximum absolute atomic E-state index is 4.70. The van der Waals surface area contributed by atoms with Crippen LogP contribution in [0.4, 0.5) is 0 Å². The van der Waals surface area contributed by atoms with Crippen molar-refractivity contribution in [2.24, 2.45) is 0 Å². The van der Waals surface area contributed by atoms with E-state index in [1.54, 1.807) is 0 Å². The second-order valence-electron chi connectivity index (χ2n) is 0.884. The number of nitrogens with one attached hydrogen (secondary N) is 1. The van der Waals surface area contributed by atoms with Crippen LogP contribution < -0.4 is 4.89 Å². The van der Waals surface area contributed by atoms with Gasteiger partial charge < -0.3 is 0 Å². The highest BCUT2D eigenvalue weighted by molar-refractivity contribution is 8.00. The standard InChI is InChI=1S/C3H5NOS/c1-2-5-4-6-3-1/h1,3-4H,2H2. The zero-order valence-electron chi connectivity index (χ0n) is 3.18. The minimum atomic E-state index is 0.688. The van der Waals surface area contributed by atoms with E-state index in [9.17, 15) is 0 Å². The van der Waals surface area contributed by atoms with E-state index in [0.29, 0.717) is 6.61 Å². The lowest BCUT2D eigenvalue weighted by Gasteiger charge is -2.01. The molecule has 6 heavy (non-hydrogen) atoms. The molecule has 1 heterocycles. The third-order valence-electron chi connectivity index (χ3n) is 0.451. The maximum atomic E-state index is 4.70. The Morgan fingerprint density at radius 3 is 3.00 bits per heavy atom. The van der Waals surface area contributed by atoms with Gasteiger partial charge in [0.1, 0.15) is 0 Å². The Bertz CT molecular complexity index is 55.8. The fourth-order valence-electron chi connectivity index (χ4n) is 0.231. The summed E-state index contributed by atoms with van der Waals surface area (Å²) in [7, 11) is 0. The molecule has 1 aliphatic rings. The molecule has 0 spiro atoms. The number of hydrogen-bond donors (Lipinski definition) is 1. The lowest BCUT2D eigenvalue weighted by molar-refractivity contribution is 0.126. The van der Waals surface area contributed by atoms with Crippen molar-refractivity contribution < 1.29 is 4.84 Å². The molecule has 0 aromatic rings. The van der Waals surface area contributed by atoms with E-state index in [1.807, 2.05) is 11.5 Å². The van der Waals surface area contributed by atoms with Crippen LogP contribution in [-0.2, 0) is 4.84 Å². The first kappa shape index (κ1) is 4.18. The molecule has 1 rings (SSSR count). The predicted octanol–water partition coefficient (Wildman–Crippen LogP) is 0.683. The minimum absolute atomic E-state index is 0.688. The molecule has 0 atom stereocenters. The largest absolute Gasteiger partial charge is 0.287 e. The van der Waals surface area contributed by atoms with Crippen LogP contribution in [0.3, 0.4) is 0 Å². The summed E-state index contributed by atoms with van der Waals surface area (Å²) in [6.45, 7) is 0.688. The van der Waals surface area contributed by atoms with Crippen LogP contribution in [0.15, 0.2) is 11.5 Å². The smallest absolute Gasteiger partial charge is 0.0883 e. The SMILES string of the molecule is C1=CSNOC1. The summed E-state index contributed by atoms with van der Waals surface area (Å²) in [5.74, 6) is 0. The highest BCUT2D eigenvalue weighted by atomic mass is 32.2. The molecule has 3 heteroatoms. The van der Waals surface area contributed by atoms with E-state index in [2.05, 4.69) is 4.89 Å². The Kier molecular flexibility index (Phi) is 1.55. The molecule has 0 aliphatic carbocycles. The summed E-state index contributed by atoms with van der Waals surface area (Å²) < 4.78 is 0. The Hall–Kier alpha value is 0.01000. The van der Waals surface area contributed by atoms with Gasteiger partial charge in [-0.05, 0) is 23.4 Å². The summed E-state index contributed by atoms with van der Waals surface area (Å²) in [4.78, 5) is 7.31. The van der Waals surface area contributed by atoms with E-state index in [0.717, 1.165) is 0 Å². The maximum Gasteiger partial charge on any atom is 0.0883 e. The Morgan fingerprint density at radius 1 is 1.83 bits per heavy atom.